The third kappa shape index (κ3) is 4.95. The van der Waals surface area contributed by atoms with Crippen LogP contribution in [0.5, 0.6) is 0 Å². The average molecular weight is 345 g/mol. The first-order valence-electron chi connectivity index (χ1n) is 9.61. The van der Waals surface area contributed by atoms with Crippen LogP contribution in [-0.4, -0.2) is 65.7 Å². The van der Waals surface area contributed by atoms with Gasteiger partial charge in [-0.1, -0.05) is 29.8 Å². The van der Waals surface area contributed by atoms with E-state index in [1.165, 1.54) is 11.1 Å². The zero-order valence-electron chi connectivity index (χ0n) is 15.7. The molecule has 3 rings (SSSR count). The molecule has 2 fully saturated rings. The summed E-state index contributed by atoms with van der Waals surface area (Å²) in [5.41, 5.74) is 2.17. The number of rotatable bonds is 5. The summed E-state index contributed by atoms with van der Waals surface area (Å²) >= 11 is 0. The largest absolute Gasteiger partial charge is 0.388 e. The topological polar surface area (TPSA) is 51.1 Å². The second kappa shape index (κ2) is 8.19. The van der Waals surface area contributed by atoms with E-state index in [1.807, 2.05) is 0 Å². The van der Waals surface area contributed by atoms with E-state index in [0.717, 1.165) is 64.5 Å². The maximum atomic E-state index is 10.3. The van der Waals surface area contributed by atoms with E-state index >= 15 is 0 Å². The lowest BCUT2D eigenvalue weighted by atomic mass is 9.80. The minimum Gasteiger partial charge on any atom is -0.388 e. The average Bonchev–Trinajstić information content (AvgIpc) is 2.58. The van der Waals surface area contributed by atoms with Crippen LogP contribution in [0.1, 0.15) is 37.3 Å². The maximum Gasteiger partial charge on any atom is 0.194 e. The van der Waals surface area contributed by atoms with Crippen LogP contribution in [0.3, 0.4) is 0 Å². The maximum absolute atomic E-state index is 10.3. The molecule has 1 aromatic rings. The van der Waals surface area contributed by atoms with Gasteiger partial charge in [-0.05, 0) is 38.7 Å². The van der Waals surface area contributed by atoms with Crippen LogP contribution in [0.25, 0.3) is 0 Å². The summed E-state index contributed by atoms with van der Waals surface area (Å²) < 4.78 is 0. The van der Waals surface area contributed by atoms with Gasteiger partial charge >= 0.3 is 0 Å². The minimum absolute atomic E-state index is 0.527. The first kappa shape index (κ1) is 18.2. The molecule has 5 heteroatoms. The number of piperazine rings is 1. The molecule has 0 spiro atoms. The van der Waals surface area contributed by atoms with Crippen LogP contribution in [0.15, 0.2) is 29.3 Å². The van der Waals surface area contributed by atoms with Crippen molar-refractivity contribution >= 4 is 5.96 Å². The van der Waals surface area contributed by atoms with Gasteiger partial charge in [0, 0.05) is 39.3 Å². The summed E-state index contributed by atoms with van der Waals surface area (Å²) in [6.45, 7) is 10.7. The molecular weight excluding hydrogens is 312 g/mol. The zero-order valence-corrected chi connectivity index (χ0v) is 15.7. The lowest BCUT2D eigenvalue weighted by Crippen LogP contribution is -2.52. The molecule has 0 amide bonds. The lowest BCUT2D eigenvalue weighted by Gasteiger charge is -2.38. The Kier molecular flexibility index (Phi) is 5.97. The molecule has 0 atom stereocenters. The Bertz CT molecular complexity index is 589. The minimum atomic E-state index is -0.548. The number of aliphatic hydroxyl groups is 1. The van der Waals surface area contributed by atoms with Gasteiger partial charge in [-0.3, -0.25) is 9.89 Å². The van der Waals surface area contributed by atoms with E-state index in [1.54, 1.807) is 0 Å². The van der Waals surface area contributed by atoms with Crippen molar-refractivity contribution in [3.63, 3.8) is 0 Å². The molecule has 1 saturated heterocycles. The SMILES string of the molecule is CCNC(=NCC1(O)CCC1)N1CCN(Cc2cccc(C)c2)CC1. The van der Waals surface area contributed by atoms with Crippen LogP contribution in [0.4, 0.5) is 0 Å². The van der Waals surface area contributed by atoms with E-state index in [-0.39, 0.29) is 0 Å². The van der Waals surface area contributed by atoms with Gasteiger partial charge < -0.3 is 15.3 Å². The van der Waals surface area contributed by atoms with Crippen molar-refractivity contribution in [1.82, 2.24) is 15.1 Å². The first-order valence-corrected chi connectivity index (χ1v) is 9.61. The predicted molar refractivity (Wildman–Crippen MR) is 103 cm³/mol. The van der Waals surface area contributed by atoms with E-state index in [0.29, 0.717) is 6.54 Å². The molecule has 138 valence electrons. The number of nitrogens with one attached hydrogen (secondary N) is 1. The Hall–Kier alpha value is -1.59. The number of guanidine groups is 1. The fourth-order valence-electron chi connectivity index (χ4n) is 3.58. The van der Waals surface area contributed by atoms with Crippen molar-refractivity contribution in [2.24, 2.45) is 4.99 Å². The summed E-state index contributed by atoms with van der Waals surface area (Å²) in [4.78, 5) is 9.55. The van der Waals surface area contributed by atoms with E-state index in [2.05, 4.69) is 53.2 Å². The second-order valence-corrected chi connectivity index (χ2v) is 7.50. The third-order valence-electron chi connectivity index (χ3n) is 5.30. The monoisotopic (exact) mass is 344 g/mol. The zero-order chi connectivity index (χ0) is 17.7. The summed E-state index contributed by atoms with van der Waals surface area (Å²) in [7, 11) is 0. The van der Waals surface area contributed by atoms with Crippen LogP contribution in [0, 0.1) is 6.92 Å². The standard InChI is InChI=1S/C20H32N4O/c1-3-21-19(22-16-20(25)8-5-9-20)24-12-10-23(11-13-24)15-18-7-4-6-17(2)14-18/h4,6-7,14,25H,3,5,8-13,15-16H2,1-2H3,(H,21,22). The number of hydrogen-bond acceptors (Lipinski definition) is 3. The van der Waals surface area contributed by atoms with Crippen molar-refractivity contribution < 1.29 is 5.11 Å². The molecule has 0 aromatic heterocycles. The lowest BCUT2D eigenvalue weighted by molar-refractivity contribution is -0.0238. The fraction of sp³-hybridized carbons (Fsp3) is 0.650. The predicted octanol–water partition coefficient (Wildman–Crippen LogP) is 1.99. The smallest absolute Gasteiger partial charge is 0.194 e. The molecule has 5 nitrogen and oxygen atoms in total. The van der Waals surface area contributed by atoms with Crippen LogP contribution in [0.2, 0.25) is 0 Å². The normalized spacial score (nSPS) is 21.1. The highest BCUT2D eigenvalue weighted by Crippen LogP contribution is 2.31. The van der Waals surface area contributed by atoms with E-state index in [4.69, 9.17) is 4.99 Å². The van der Waals surface area contributed by atoms with Gasteiger partial charge in [0.1, 0.15) is 0 Å². The van der Waals surface area contributed by atoms with Crippen LogP contribution in [-0.2, 0) is 6.54 Å². The second-order valence-electron chi connectivity index (χ2n) is 7.50. The molecule has 1 heterocycles. The highest BCUT2D eigenvalue weighted by atomic mass is 16.3. The summed E-state index contributed by atoms with van der Waals surface area (Å²) in [5.74, 6) is 0.957. The fourth-order valence-corrected chi connectivity index (χ4v) is 3.58. The van der Waals surface area contributed by atoms with Crippen molar-refractivity contribution in [3.8, 4) is 0 Å². The Morgan fingerprint density at radius 1 is 1.24 bits per heavy atom. The molecular formula is C20H32N4O. The Morgan fingerprint density at radius 3 is 2.60 bits per heavy atom. The van der Waals surface area contributed by atoms with Crippen molar-refractivity contribution in [2.75, 3.05) is 39.3 Å². The molecule has 0 unspecified atom stereocenters. The van der Waals surface area contributed by atoms with E-state index < -0.39 is 5.60 Å². The summed E-state index contributed by atoms with van der Waals surface area (Å²) in [5, 5.41) is 13.7. The van der Waals surface area contributed by atoms with Crippen molar-refractivity contribution in [3.05, 3.63) is 35.4 Å². The van der Waals surface area contributed by atoms with Gasteiger partial charge in [0.2, 0.25) is 0 Å². The van der Waals surface area contributed by atoms with E-state index in [9.17, 15) is 5.11 Å². The van der Waals surface area contributed by atoms with Gasteiger partial charge in [-0.15, -0.1) is 0 Å². The summed E-state index contributed by atoms with van der Waals surface area (Å²) in [6, 6.07) is 8.78. The first-order chi connectivity index (χ1) is 12.1. The van der Waals surface area contributed by atoms with Gasteiger partial charge in [-0.2, -0.15) is 0 Å². The van der Waals surface area contributed by atoms with Crippen molar-refractivity contribution in [1.29, 1.82) is 0 Å². The molecule has 2 N–H and O–H groups in total. The summed E-state index contributed by atoms with van der Waals surface area (Å²) in [6.07, 6.45) is 2.90. The number of aryl methyl sites for hydroxylation is 1. The number of hydrogen-bond donors (Lipinski definition) is 2. The molecule has 0 radical (unpaired) electrons. The highest BCUT2D eigenvalue weighted by molar-refractivity contribution is 5.80. The number of benzene rings is 1. The molecule has 1 aliphatic heterocycles. The third-order valence-corrected chi connectivity index (χ3v) is 5.30. The Labute approximate surface area is 151 Å². The molecule has 1 aromatic carbocycles. The highest BCUT2D eigenvalue weighted by Gasteiger charge is 2.34. The quantitative estimate of drug-likeness (QED) is 0.634. The number of aliphatic imine (C=N–C) groups is 1. The Morgan fingerprint density at radius 2 is 2.00 bits per heavy atom. The molecule has 1 saturated carbocycles. The van der Waals surface area contributed by atoms with Crippen molar-refractivity contribution in [2.45, 2.75) is 45.3 Å². The van der Waals surface area contributed by atoms with Crippen LogP contribution >= 0.6 is 0 Å². The van der Waals surface area contributed by atoms with Gasteiger partial charge in [0.15, 0.2) is 5.96 Å². The van der Waals surface area contributed by atoms with Gasteiger partial charge in [-0.25, -0.2) is 0 Å². The molecule has 0 bridgehead atoms. The molecule has 25 heavy (non-hydrogen) atoms. The molecule has 1 aliphatic carbocycles. The molecule has 2 aliphatic rings. The van der Waals surface area contributed by atoms with Gasteiger partial charge in [0.25, 0.3) is 0 Å². The van der Waals surface area contributed by atoms with Crippen LogP contribution < -0.4 is 5.32 Å². The number of nitrogens with zero attached hydrogens (tertiary/aromatic N) is 3. The van der Waals surface area contributed by atoms with Gasteiger partial charge in [0.05, 0.1) is 12.1 Å². The Balaban J connectivity index is 1.53.